The lowest BCUT2D eigenvalue weighted by molar-refractivity contribution is -0.389. The van der Waals surface area contributed by atoms with Gasteiger partial charge in [-0.2, -0.15) is 0 Å². The zero-order chi connectivity index (χ0) is 13.1. The molecule has 9 nitrogen and oxygen atoms in total. The number of nitrogens with zero attached hydrogens (tertiary/aromatic N) is 4. The van der Waals surface area contributed by atoms with E-state index < -0.39 is 10.9 Å². The van der Waals surface area contributed by atoms with Crippen molar-refractivity contribution in [1.29, 1.82) is 0 Å². The highest BCUT2D eigenvalue weighted by molar-refractivity contribution is 5.86. The Morgan fingerprint density at radius 3 is 3.00 bits per heavy atom. The average Bonchev–Trinajstić information content (AvgIpc) is 2.98. The van der Waals surface area contributed by atoms with Crippen LogP contribution in [0.1, 0.15) is 16.3 Å². The molecule has 0 aliphatic heterocycles. The number of ether oxygens (including phenoxy) is 1. The topological polar surface area (TPSA) is 113 Å². The Morgan fingerprint density at radius 2 is 2.39 bits per heavy atom. The van der Waals surface area contributed by atoms with Crippen molar-refractivity contribution in [2.24, 2.45) is 0 Å². The van der Waals surface area contributed by atoms with Gasteiger partial charge in [0.25, 0.3) is 0 Å². The summed E-state index contributed by atoms with van der Waals surface area (Å²) in [6.07, 6.45) is 1.03. The fourth-order valence-electron chi connectivity index (χ4n) is 1.26. The highest BCUT2D eigenvalue weighted by atomic mass is 16.6. The zero-order valence-electron chi connectivity index (χ0n) is 9.27. The van der Waals surface area contributed by atoms with Crippen LogP contribution in [0.2, 0.25) is 0 Å². The van der Waals surface area contributed by atoms with E-state index in [1.807, 2.05) is 0 Å². The molecule has 0 N–H and O–H groups in total. The number of hydrogen-bond acceptors (Lipinski definition) is 7. The van der Waals surface area contributed by atoms with Crippen molar-refractivity contribution < 1.29 is 18.9 Å². The van der Waals surface area contributed by atoms with Crippen LogP contribution in [-0.2, 0) is 11.3 Å². The SMILES string of the molecule is COC(=O)c1ccc(Cn2ncc([N+](=O)[O-])n2)o1. The molecule has 0 saturated carbocycles. The molecule has 94 valence electrons. The van der Waals surface area contributed by atoms with E-state index in [4.69, 9.17) is 4.42 Å². The van der Waals surface area contributed by atoms with Gasteiger partial charge in [-0.15, -0.1) is 5.10 Å². The monoisotopic (exact) mass is 252 g/mol. The summed E-state index contributed by atoms with van der Waals surface area (Å²) in [5, 5.41) is 17.7. The molecular formula is C9H8N4O5. The molecule has 2 heterocycles. The summed E-state index contributed by atoms with van der Waals surface area (Å²) < 4.78 is 9.64. The first-order chi connectivity index (χ1) is 8.60. The van der Waals surface area contributed by atoms with Crippen molar-refractivity contribution in [2.45, 2.75) is 6.54 Å². The quantitative estimate of drug-likeness (QED) is 0.445. The molecule has 2 aromatic rings. The fourth-order valence-corrected chi connectivity index (χ4v) is 1.26. The third-order valence-corrected chi connectivity index (χ3v) is 2.06. The molecule has 0 bridgehead atoms. The van der Waals surface area contributed by atoms with E-state index in [1.165, 1.54) is 13.2 Å². The summed E-state index contributed by atoms with van der Waals surface area (Å²) in [6.45, 7) is 0.0881. The summed E-state index contributed by atoms with van der Waals surface area (Å²) in [5.41, 5.74) is 0. The number of aromatic nitrogens is 3. The standard InChI is InChI=1S/C9H8N4O5/c1-17-9(14)7-3-2-6(18-7)5-12-10-4-8(11-12)13(15)16/h2-4H,5H2,1H3. The maximum absolute atomic E-state index is 11.1. The van der Waals surface area contributed by atoms with Crippen molar-refractivity contribution in [1.82, 2.24) is 15.0 Å². The lowest BCUT2D eigenvalue weighted by Crippen LogP contribution is -2.03. The van der Waals surface area contributed by atoms with Gasteiger partial charge in [-0.25, -0.2) is 4.79 Å². The Kier molecular flexibility index (Phi) is 3.04. The predicted octanol–water partition coefficient (Wildman–Crippen LogP) is 0.614. The Bertz CT molecular complexity index is 587. The van der Waals surface area contributed by atoms with E-state index in [0.29, 0.717) is 5.76 Å². The van der Waals surface area contributed by atoms with Gasteiger partial charge in [0, 0.05) is 0 Å². The van der Waals surface area contributed by atoms with Crippen molar-refractivity contribution in [3.05, 3.63) is 40.0 Å². The first-order valence-corrected chi connectivity index (χ1v) is 4.81. The lowest BCUT2D eigenvalue weighted by atomic mass is 10.4. The zero-order valence-corrected chi connectivity index (χ0v) is 9.27. The van der Waals surface area contributed by atoms with Crippen LogP contribution >= 0.6 is 0 Å². The van der Waals surface area contributed by atoms with Gasteiger partial charge in [0.15, 0.2) is 6.20 Å². The molecule has 0 amide bonds. The molecule has 0 aromatic carbocycles. The van der Waals surface area contributed by atoms with Crippen LogP contribution in [0.5, 0.6) is 0 Å². The van der Waals surface area contributed by atoms with E-state index >= 15 is 0 Å². The Balaban J connectivity index is 2.11. The number of hydrogen-bond donors (Lipinski definition) is 0. The van der Waals surface area contributed by atoms with Crippen LogP contribution in [0.15, 0.2) is 22.7 Å². The Labute approximate surface area is 100 Å². The number of esters is 1. The average molecular weight is 252 g/mol. The smallest absolute Gasteiger partial charge is 0.410 e. The Morgan fingerprint density at radius 1 is 1.61 bits per heavy atom. The van der Waals surface area contributed by atoms with Gasteiger partial charge >= 0.3 is 11.8 Å². The van der Waals surface area contributed by atoms with Crippen molar-refractivity contribution in [3.63, 3.8) is 0 Å². The first kappa shape index (κ1) is 11.8. The van der Waals surface area contributed by atoms with Crippen LogP contribution < -0.4 is 0 Å². The van der Waals surface area contributed by atoms with Gasteiger partial charge in [-0.1, -0.05) is 4.80 Å². The summed E-state index contributed by atoms with van der Waals surface area (Å²) >= 11 is 0. The molecule has 2 rings (SSSR count). The summed E-state index contributed by atoms with van der Waals surface area (Å²) in [5.74, 6) is -0.509. The van der Waals surface area contributed by atoms with Gasteiger partial charge < -0.3 is 19.3 Å². The minimum Gasteiger partial charge on any atom is -0.463 e. The van der Waals surface area contributed by atoms with E-state index in [0.717, 1.165) is 11.0 Å². The number of furan rings is 1. The van der Waals surface area contributed by atoms with E-state index in [1.54, 1.807) is 6.07 Å². The largest absolute Gasteiger partial charge is 0.463 e. The maximum atomic E-state index is 11.1. The van der Waals surface area contributed by atoms with Crippen LogP contribution in [-0.4, -0.2) is 33.0 Å². The number of nitro groups is 1. The number of methoxy groups -OCH3 is 1. The maximum Gasteiger partial charge on any atom is 0.410 e. The molecule has 0 radical (unpaired) electrons. The summed E-state index contributed by atoms with van der Waals surface area (Å²) in [6, 6.07) is 2.99. The predicted molar refractivity (Wildman–Crippen MR) is 55.8 cm³/mol. The molecule has 9 heteroatoms. The van der Waals surface area contributed by atoms with Gasteiger partial charge in [0.05, 0.1) is 12.2 Å². The first-order valence-electron chi connectivity index (χ1n) is 4.81. The second kappa shape index (κ2) is 4.65. The summed E-state index contributed by atoms with van der Waals surface area (Å²) in [7, 11) is 1.24. The van der Waals surface area contributed by atoms with Gasteiger partial charge in [-0.3, -0.25) is 0 Å². The van der Waals surface area contributed by atoms with Crippen molar-refractivity contribution >= 4 is 11.8 Å². The van der Waals surface area contributed by atoms with Crippen LogP contribution in [0.3, 0.4) is 0 Å². The lowest BCUT2D eigenvalue weighted by Gasteiger charge is -1.93. The molecule has 0 spiro atoms. The third kappa shape index (κ3) is 2.34. The van der Waals surface area contributed by atoms with Crippen molar-refractivity contribution in [3.8, 4) is 0 Å². The molecule has 0 unspecified atom stereocenters. The number of rotatable bonds is 4. The summed E-state index contributed by atoms with van der Waals surface area (Å²) in [4.78, 5) is 22.0. The fraction of sp³-hybridized carbons (Fsp3) is 0.222. The van der Waals surface area contributed by atoms with E-state index in [2.05, 4.69) is 14.9 Å². The highest BCUT2D eigenvalue weighted by Crippen LogP contribution is 2.11. The van der Waals surface area contributed by atoms with E-state index in [-0.39, 0.29) is 18.1 Å². The number of carbonyl (C=O) groups excluding carboxylic acids is 1. The highest BCUT2D eigenvalue weighted by Gasteiger charge is 2.16. The Hall–Kier alpha value is -2.71. The molecule has 0 saturated heterocycles. The van der Waals surface area contributed by atoms with E-state index in [9.17, 15) is 14.9 Å². The van der Waals surface area contributed by atoms with Gasteiger partial charge in [0.1, 0.15) is 12.3 Å². The molecule has 0 fully saturated rings. The normalized spacial score (nSPS) is 10.3. The second-order valence-electron chi connectivity index (χ2n) is 3.25. The van der Waals surface area contributed by atoms with Gasteiger partial charge in [-0.05, 0) is 17.1 Å². The molecule has 0 aliphatic rings. The molecular weight excluding hydrogens is 244 g/mol. The number of carbonyl (C=O) groups is 1. The third-order valence-electron chi connectivity index (χ3n) is 2.06. The van der Waals surface area contributed by atoms with Crippen LogP contribution in [0.25, 0.3) is 0 Å². The van der Waals surface area contributed by atoms with Crippen molar-refractivity contribution in [2.75, 3.05) is 7.11 Å². The molecule has 18 heavy (non-hydrogen) atoms. The van der Waals surface area contributed by atoms with Crippen LogP contribution in [0, 0.1) is 10.1 Å². The minimum absolute atomic E-state index is 0.0501. The molecule has 0 aliphatic carbocycles. The molecule has 0 atom stereocenters. The molecule has 2 aromatic heterocycles. The van der Waals surface area contributed by atoms with Gasteiger partial charge in [0.2, 0.25) is 5.76 Å². The second-order valence-corrected chi connectivity index (χ2v) is 3.25. The minimum atomic E-state index is -0.647. The van der Waals surface area contributed by atoms with Crippen LogP contribution in [0.4, 0.5) is 5.82 Å².